The van der Waals surface area contributed by atoms with E-state index in [4.69, 9.17) is 5.41 Å². The molecular formula is C48H34N4. The highest BCUT2D eigenvalue weighted by molar-refractivity contribution is 6.20. The molecule has 0 atom stereocenters. The van der Waals surface area contributed by atoms with Crippen molar-refractivity contribution < 1.29 is 0 Å². The largest absolute Gasteiger partial charge is 0.380 e. The number of rotatable bonds is 7. The van der Waals surface area contributed by atoms with Crippen molar-refractivity contribution in [2.45, 2.75) is 6.54 Å². The fourth-order valence-corrected chi connectivity index (χ4v) is 8.05. The monoisotopic (exact) mass is 666 g/mol. The van der Waals surface area contributed by atoms with Crippen molar-refractivity contribution in [1.82, 2.24) is 9.13 Å². The van der Waals surface area contributed by atoms with Crippen molar-refractivity contribution in [3.63, 3.8) is 0 Å². The normalized spacial score (nSPS) is 11.6. The summed E-state index contributed by atoms with van der Waals surface area (Å²) in [6, 6.07) is 64.3. The van der Waals surface area contributed by atoms with E-state index in [0.717, 1.165) is 28.2 Å². The molecule has 0 aliphatic rings. The van der Waals surface area contributed by atoms with Gasteiger partial charge >= 0.3 is 0 Å². The second-order valence-electron chi connectivity index (χ2n) is 13.4. The highest BCUT2D eigenvalue weighted by Crippen LogP contribution is 2.41. The molecule has 8 aromatic carbocycles. The molecule has 2 aromatic heterocycles. The summed E-state index contributed by atoms with van der Waals surface area (Å²) in [5.41, 5.74) is 11.5. The molecule has 2 N–H and O–H groups in total. The molecule has 2 heterocycles. The van der Waals surface area contributed by atoms with Crippen LogP contribution < -0.4 is 5.32 Å². The molecule has 4 nitrogen and oxygen atoms in total. The predicted octanol–water partition coefficient (Wildman–Crippen LogP) is 12.1. The molecule has 246 valence electrons. The summed E-state index contributed by atoms with van der Waals surface area (Å²) in [6.45, 7) is 0.630. The maximum absolute atomic E-state index is 8.97. The maximum Gasteiger partial charge on any atom is 0.0705 e. The van der Waals surface area contributed by atoms with E-state index in [2.05, 4.69) is 148 Å². The van der Waals surface area contributed by atoms with Gasteiger partial charge in [-0.05, 0) is 59.5 Å². The van der Waals surface area contributed by atoms with E-state index in [1.54, 1.807) is 0 Å². The zero-order valence-electron chi connectivity index (χ0n) is 28.4. The fourth-order valence-electron chi connectivity index (χ4n) is 8.05. The van der Waals surface area contributed by atoms with Gasteiger partial charge in [-0.1, -0.05) is 133 Å². The predicted molar refractivity (Wildman–Crippen MR) is 219 cm³/mol. The first kappa shape index (κ1) is 30.0. The second-order valence-corrected chi connectivity index (χ2v) is 13.4. The number of aromatic nitrogens is 2. The van der Waals surface area contributed by atoms with Crippen LogP contribution in [0.15, 0.2) is 182 Å². The van der Waals surface area contributed by atoms with E-state index in [0.29, 0.717) is 12.3 Å². The topological polar surface area (TPSA) is 45.7 Å². The molecule has 0 fully saturated rings. The average molecular weight is 667 g/mol. The number of anilines is 1. The van der Waals surface area contributed by atoms with Crippen LogP contribution in [0.3, 0.4) is 0 Å². The molecule has 0 amide bonds. The number of hydrogen-bond acceptors (Lipinski definition) is 2. The molecule has 0 saturated carbocycles. The molecule has 52 heavy (non-hydrogen) atoms. The molecule has 10 aromatic rings. The van der Waals surface area contributed by atoms with Crippen molar-refractivity contribution in [3.05, 3.63) is 199 Å². The number of fused-ring (bicyclic) bond motifs is 7. The van der Waals surface area contributed by atoms with E-state index < -0.39 is 0 Å². The number of benzene rings is 8. The standard InChI is InChI=1S/C48H34N4/c49-48(32-15-3-1-4-16-32)39-23-9-12-24-42(39)50-31-33-27-28-45(36-20-8-7-19-35(33)36)52-44-26-14-11-22-38(44)41-29-40-37-21-10-13-25-43(37)51(46(40)30-47(41)52)34-17-5-2-6-18-34/h1-30,49-50H,31H2. The lowest BCUT2D eigenvalue weighted by Gasteiger charge is -2.17. The van der Waals surface area contributed by atoms with Crippen LogP contribution in [-0.4, -0.2) is 14.8 Å². The Labute approximate surface area is 301 Å². The van der Waals surface area contributed by atoms with Crippen LogP contribution in [0.4, 0.5) is 5.69 Å². The quantitative estimate of drug-likeness (QED) is 0.163. The van der Waals surface area contributed by atoms with Gasteiger partial charge in [0.05, 0.1) is 33.5 Å². The Kier molecular flexibility index (Phi) is 7.00. The van der Waals surface area contributed by atoms with Crippen LogP contribution in [0.25, 0.3) is 65.8 Å². The lowest BCUT2D eigenvalue weighted by Crippen LogP contribution is -2.08. The SMILES string of the molecule is N=C(c1ccccc1)c1ccccc1NCc1ccc(-n2c3ccccc3c3cc4c5ccccc5n(-c5ccccc5)c4cc32)c2ccccc12. The van der Waals surface area contributed by atoms with Crippen molar-refractivity contribution >= 4 is 65.8 Å². The highest BCUT2D eigenvalue weighted by atomic mass is 15.0. The van der Waals surface area contributed by atoms with Gasteiger partial charge in [0, 0.05) is 56.0 Å². The summed E-state index contributed by atoms with van der Waals surface area (Å²) in [7, 11) is 0. The smallest absolute Gasteiger partial charge is 0.0705 e. The molecule has 0 aliphatic heterocycles. The van der Waals surface area contributed by atoms with E-state index in [-0.39, 0.29) is 0 Å². The zero-order chi connectivity index (χ0) is 34.6. The van der Waals surface area contributed by atoms with Gasteiger partial charge in [0.25, 0.3) is 0 Å². The molecule has 0 bridgehead atoms. The first-order valence-electron chi connectivity index (χ1n) is 17.7. The summed E-state index contributed by atoms with van der Waals surface area (Å²) in [4.78, 5) is 0. The summed E-state index contributed by atoms with van der Waals surface area (Å²) < 4.78 is 4.85. The summed E-state index contributed by atoms with van der Waals surface area (Å²) in [5.74, 6) is 0. The molecule has 0 saturated heterocycles. The minimum absolute atomic E-state index is 0.510. The summed E-state index contributed by atoms with van der Waals surface area (Å²) >= 11 is 0. The first-order valence-corrected chi connectivity index (χ1v) is 17.7. The molecule has 10 rings (SSSR count). The van der Waals surface area contributed by atoms with Gasteiger partial charge in [-0.3, -0.25) is 5.41 Å². The van der Waals surface area contributed by atoms with Crippen LogP contribution in [0.5, 0.6) is 0 Å². The molecule has 0 spiro atoms. The first-order chi connectivity index (χ1) is 25.7. The van der Waals surface area contributed by atoms with Gasteiger partial charge in [0.15, 0.2) is 0 Å². The van der Waals surface area contributed by atoms with E-state index in [1.165, 1.54) is 59.9 Å². The van der Waals surface area contributed by atoms with Gasteiger partial charge in [0.1, 0.15) is 0 Å². The average Bonchev–Trinajstić information content (AvgIpc) is 3.71. The Morgan fingerprint density at radius 3 is 1.73 bits per heavy atom. The third-order valence-electron chi connectivity index (χ3n) is 10.4. The Bertz CT molecular complexity index is 2970. The minimum atomic E-state index is 0.510. The van der Waals surface area contributed by atoms with Crippen LogP contribution in [0, 0.1) is 5.41 Å². The number of nitrogens with zero attached hydrogens (tertiary/aromatic N) is 2. The molecule has 4 heteroatoms. The third-order valence-corrected chi connectivity index (χ3v) is 10.4. The van der Waals surface area contributed by atoms with Gasteiger partial charge in [-0.25, -0.2) is 0 Å². The highest BCUT2D eigenvalue weighted by Gasteiger charge is 2.20. The lowest BCUT2D eigenvalue weighted by molar-refractivity contribution is 1.15. The van der Waals surface area contributed by atoms with E-state index in [1.807, 2.05) is 48.5 Å². The van der Waals surface area contributed by atoms with Crippen LogP contribution >= 0.6 is 0 Å². The van der Waals surface area contributed by atoms with Crippen LogP contribution in [-0.2, 0) is 6.54 Å². The van der Waals surface area contributed by atoms with Crippen molar-refractivity contribution in [1.29, 1.82) is 5.41 Å². The number of hydrogen-bond donors (Lipinski definition) is 2. The van der Waals surface area contributed by atoms with Gasteiger partial charge in [-0.15, -0.1) is 0 Å². The second kappa shape index (κ2) is 12.1. The van der Waals surface area contributed by atoms with E-state index >= 15 is 0 Å². The van der Waals surface area contributed by atoms with Gasteiger partial charge < -0.3 is 14.5 Å². The lowest BCUT2D eigenvalue weighted by atomic mass is 10.00. The molecular weight excluding hydrogens is 633 g/mol. The summed E-state index contributed by atoms with van der Waals surface area (Å²) in [6.07, 6.45) is 0. The van der Waals surface area contributed by atoms with Crippen molar-refractivity contribution in [2.75, 3.05) is 5.32 Å². The fraction of sp³-hybridized carbons (Fsp3) is 0.0208. The maximum atomic E-state index is 8.97. The third kappa shape index (κ3) is 4.73. The number of nitrogens with one attached hydrogen (secondary N) is 2. The van der Waals surface area contributed by atoms with Crippen molar-refractivity contribution in [2.24, 2.45) is 0 Å². The Balaban J connectivity index is 1.14. The Hall–Kier alpha value is -6.91. The van der Waals surface area contributed by atoms with Gasteiger partial charge in [0.2, 0.25) is 0 Å². The van der Waals surface area contributed by atoms with E-state index in [9.17, 15) is 0 Å². The molecule has 0 unspecified atom stereocenters. The zero-order valence-corrected chi connectivity index (χ0v) is 28.4. The number of para-hydroxylation sites is 4. The Morgan fingerprint density at radius 2 is 1.00 bits per heavy atom. The molecule has 0 aliphatic carbocycles. The minimum Gasteiger partial charge on any atom is -0.380 e. The van der Waals surface area contributed by atoms with Crippen LogP contribution in [0.1, 0.15) is 16.7 Å². The Morgan fingerprint density at radius 1 is 0.442 bits per heavy atom. The van der Waals surface area contributed by atoms with Crippen molar-refractivity contribution in [3.8, 4) is 11.4 Å². The van der Waals surface area contributed by atoms with Gasteiger partial charge in [-0.2, -0.15) is 0 Å². The van der Waals surface area contributed by atoms with Crippen LogP contribution in [0.2, 0.25) is 0 Å². The molecule has 0 radical (unpaired) electrons. The summed E-state index contributed by atoms with van der Waals surface area (Å²) in [5, 5.41) is 20.0.